The first-order chi connectivity index (χ1) is 5.99. The normalized spacial score (nSPS) is 24.4. The summed E-state index contributed by atoms with van der Waals surface area (Å²) >= 11 is 0. The second-order valence-corrected chi connectivity index (χ2v) is 5.31. The van der Waals surface area contributed by atoms with Crippen molar-refractivity contribution in [2.75, 3.05) is 13.3 Å². The van der Waals surface area contributed by atoms with Crippen LogP contribution in [0.3, 0.4) is 0 Å². The minimum atomic E-state index is -0.0207. The zero-order valence-corrected chi connectivity index (χ0v) is 8.84. The molecular weight excluding hydrogens is 162 g/mol. The Morgan fingerprint density at radius 2 is 2.08 bits per heavy atom. The smallest absolute Gasteiger partial charge is 0.119 e. The van der Waals surface area contributed by atoms with E-state index in [1.165, 1.54) is 19.4 Å². The summed E-state index contributed by atoms with van der Waals surface area (Å²) in [4.78, 5) is 2.28. The highest BCUT2D eigenvalue weighted by molar-refractivity contribution is 5.15. The molecule has 0 atom stereocenters. The third kappa shape index (κ3) is 2.25. The van der Waals surface area contributed by atoms with Crippen molar-refractivity contribution in [3.63, 3.8) is 0 Å². The fraction of sp³-hybridized carbons (Fsp3) is 0.818. The molecule has 0 aromatic heterocycles. The number of rotatable bonds is 2. The number of ether oxygens (including phenoxy) is 1. The Morgan fingerprint density at radius 1 is 1.38 bits per heavy atom. The highest BCUT2D eigenvalue weighted by Gasteiger charge is 2.44. The summed E-state index contributed by atoms with van der Waals surface area (Å²) in [6.07, 6.45) is 7.28. The molecule has 1 saturated carbocycles. The van der Waals surface area contributed by atoms with Crippen LogP contribution < -0.4 is 0 Å². The van der Waals surface area contributed by atoms with Gasteiger partial charge >= 0.3 is 0 Å². The minimum absolute atomic E-state index is 0.0207. The standard InChI is InChI=1S/C11H19NO/c1-10(2,3)13-9-12-7-6-11(8-12)4-5-11/h6-7H,4-5,8-9H2,1-3H3. The molecule has 2 aliphatic rings. The number of hydrogen-bond acceptors (Lipinski definition) is 2. The second-order valence-electron chi connectivity index (χ2n) is 5.31. The highest BCUT2D eigenvalue weighted by atomic mass is 16.5. The van der Waals surface area contributed by atoms with Crippen molar-refractivity contribution in [3.05, 3.63) is 12.3 Å². The van der Waals surface area contributed by atoms with E-state index >= 15 is 0 Å². The van der Waals surface area contributed by atoms with Gasteiger partial charge in [0, 0.05) is 12.0 Å². The molecule has 2 heteroatoms. The molecule has 0 bridgehead atoms. The van der Waals surface area contributed by atoms with Gasteiger partial charge in [0.15, 0.2) is 0 Å². The second kappa shape index (κ2) is 2.74. The Bertz CT molecular complexity index is 223. The summed E-state index contributed by atoms with van der Waals surface area (Å²) < 4.78 is 5.71. The Labute approximate surface area is 80.6 Å². The highest BCUT2D eigenvalue weighted by Crippen LogP contribution is 2.50. The van der Waals surface area contributed by atoms with Crippen LogP contribution in [0.4, 0.5) is 0 Å². The van der Waals surface area contributed by atoms with Gasteiger partial charge in [0.2, 0.25) is 0 Å². The summed E-state index contributed by atoms with van der Waals surface area (Å²) in [5, 5.41) is 0. The zero-order valence-electron chi connectivity index (χ0n) is 8.84. The Hall–Kier alpha value is -0.500. The SMILES string of the molecule is CC(C)(C)OCN1C=CC2(CC2)C1. The molecule has 0 saturated heterocycles. The quantitative estimate of drug-likeness (QED) is 0.648. The van der Waals surface area contributed by atoms with E-state index in [0.717, 1.165) is 6.73 Å². The lowest BCUT2D eigenvalue weighted by Crippen LogP contribution is -2.29. The minimum Gasteiger partial charge on any atom is -0.356 e. The van der Waals surface area contributed by atoms with Gasteiger partial charge in [-0.2, -0.15) is 0 Å². The molecule has 1 spiro atoms. The summed E-state index contributed by atoms with van der Waals surface area (Å²) in [6, 6.07) is 0. The van der Waals surface area contributed by atoms with Crippen molar-refractivity contribution in [1.29, 1.82) is 0 Å². The van der Waals surface area contributed by atoms with Crippen LogP contribution in [0.1, 0.15) is 33.6 Å². The van der Waals surface area contributed by atoms with Gasteiger partial charge in [0.05, 0.1) is 5.60 Å². The first kappa shape index (κ1) is 9.07. The predicted octanol–water partition coefficient (Wildman–Crippen LogP) is 2.37. The van der Waals surface area contributed by atoms with Gasteiger partial charge in [0.25, 0.3) is 0 Å². The first-order valence-corrected chi connectivity index (χ1v) is 5.07. The summed E-state index contributed by atoms with van der Waals surface area (Å²) in [7, 11) is 0. The molecular formula is C11H19NO. The molecule has 2 nitrogen and oxygen atoms in total. The lowest BCUT2D eigenvalue weighted by atomic mass is 10.1. The maximum atomic E-state index is 5.71. The Balaban J connectivity index is 1.76. The topological polar surface area (TPSA) is 12.5 Å². The molecule has 0 N–H and O–H groups in total. The van der Waals surface area contributed by atoms with E-state index in [1.54, 1.807) is 0 Å². The largest absolute Gasteiger partial charge is 0.356 e. The third-order valence-electron chi connectivity index (χ3n) is 2.71. The molecule has 0 radical (unpaired) electrons. The Morgan fingerprint density at radius 3 is 2.54 bits per heavy atom. The molecule has 0 aromatic rings. The van der Waals surface area contributed by atoms with E-state index in [4.69, 9.17) is 4.74 Å². The van der Waals surface area contributed by atoms with E-state index < -0.39 is 0 Å². The van der Waals surface area contributed by atoms with Crippen LogP contribution in [0.15, 0.2) is 12.3 Å². The van der Waals surface area contributed by atoms with Crippen molar-refractivity contribution in [3.8, 4) is 0 Å². The van der Waals surface area contributed by atoms with Gasteiger partial charge in [-0.3, -0.25) is 0 Å². The van der Waals surface area contributed by atoms with E-state index in [2.05, 4.69) is 37.9 Å². The molecule has 1 aliphatic heterocycles. The van der Waals surface area contributed by atoms with Gasteiger partial charge in [-0.15, -0.1) is 0 Å². The van der Waals surface area contributed by atoms with Crippen LogP contribution in [0.2, 0.25) is 0 Å². The number of nitrogens with zero attached hydrogens (tertiary/aromatic N) is 1. The zero-order chi connectivity index (χ0) is 9.53. The van der Waals surface area contributed by atoms with Crippen LogP contribution >= 0.6 is 0 Å². The van der Waals surface area contributed by atoms with Crippen LogP contribution in [-0.4, -0.2) is 23.8 Å². The first-order valence-electron chi connectivity index (χ1n) is 5.07. The van der Waals surface area contributed by atoms with Crippen molar-refractivity contribution >= 4 is 0 Å². The van der Waals surface area contributed by atoms with Crippen LogP contribution in [-0.2, 0) is 4.74 Å². The predicted molar refractivity (Wildman–Crippen MR) is 53.2 cm³/mol. The van der Waals surface area contributed by atoms with E-state index in [9.17, 15) is 0 Å². The molecule has 74 valence electrons. The van der Waals surface area contributed by atoms with Gasteiger partial charge in [-0.25, -0.2) is 0 Å². The van der Waals surface area contributed by atoms with Crippen LogP contribution in [0.25, 0.3) is 0 Å². The van der Waals surface area contributed by atoms with Gasteiger partial charge in [-0.05, 0) is 39.8 Å². The van der Waals surface area contributed by atoms with Gasteiger partial charge in [-0.1, -0.05) is 6.08 Å². The molecule has 13 heavy (non-hydrogen) atoms. The third-order valence-corrected chi connectivity index (χ3v) is 2.71. The molecule has 1 heterocycles. The van der Waals surface area contributed by atoms with Crippen molar-refractivity contribution in [2.45, 2.75) is 39.2 Å². The summed E-state index contributed by atoms with van der Waals surface area (Å²) in [5.41, 5.74) is 0.536. The molecule has 1 fully saturated rings. The molecule has 1 aliphatic carbocycles. The van der Waals surface area contributed by atoms with Crippen LogP contribution in [0.5, 0.6) is 0 Å². The average molecular weight is 181 g/mol. The average Bonchev–Trinajstić information content (AvgIpc) is 2.58. The van der Waals surface area contributed by atoms with Crippen molar-refractivity contribution < 1.29 is 4.74 Å². The molecule has 0 aromatic carbocycles. The lowest BCUT2D eigenvalue weighted by molar-refractivity contribution is -0.0493. The Kier molecular flexibility index (Phi) is 1.91. The maximum absolute atomic E-state index is 5.71. The van der Waals surface area contributed by atoms with E-state index in [1.807, 2.05) is 0 Å². The fourth-order valence-electron chi connectivity index (χ4n) is 1.62. The van der Waals surface area contributed by atoms with E-state index in [-0.39, 0.29) is 5.60 Å². The maximum Gasteiger partial charge on any atom is 0.119 e. The molecule has 0 unspecified atom stereocenters. The fourth-order valence-corrected chi connectivity index (χ4v) is 1.62. The number of hydrogen-bond donors (Lipinski definition) is 0. The monoisotopic (exact) mass is 181 g/mol. The van der Waals surface area contributed by atoms with Crippen molar-refractivity contribution in [1.82, 2.24) is 4.90 Å². The molecule has 2 rings (SSSR count). The van der Waals surface area contributed by atoms with Crippen molar-refractivity contribution in [2.24, 2.45) is 5.41 Å². The van der Waals surface area contributed by atoms with Gasteiger partial charge < -0.3 is 9.64 Å². The van der Waals surface area contributed by atoms with Crippen LogP contribution in [0, 0.1) is 5.41 Å². The molecule has 0 amide bonds. The summed E-state index contributed by atoms with van der Waals surface area (Å²) in [5.74, 6) is 0. The summed E-state index contributed by atoms with van der Waals surface area (Å²) in [6.45, 7) is 8.20. The van der Waals surface area contributed by atoms with Gasteiger partial charge in [0.1, 0.15) is 6.73 Å². The van der Waals surface area contributed by atoms with E-state index in [0.29, 0.717) is 5.41 Å². The lowest BCUT2D eigenvalue weighted by Gasteiger charge is -2.25.